The molecule has 0 bridgehead atoms. The Hall–Kier alpha value is -2.07. The van der Waals surface area contributed by atoms with Crippen LogP contribution in [0.3, 0.4) is 0 Å². The summed E-state index contributed by atoms with van der Waals surface area (Å²) in [6.07, 6.45) is 0. The molecule has 0 saturated carbocycles. The summed E-state index contributed by atoms with van der Waals surface area (Å²) in [6.45, 7) is 0.406. The largest absolute Gasteiger partial charge is 0.334 e. The van der Waals surface area contributed by atoms with Crippen molar-refractivity contribution in [3.63, 3.8) is 0 Å². The van der Waals surface area contributed by atoms with Crippen LogP contribution in [0.5, 0.6) is 0 Å². The number of amides is 2. The quantitative estimate of drug-likeness (QED) is 0.881. The molecule has 0 heterocycles. The molecular formula is C14H12ClFN2O. The van der Waals surface area contributed by atoms with Gasteiger partial charge in [-0.05, 0) is 23.8 Å². The SMILES string of the molecule is O=C(NCc1ccccc1)Nc1ccc(Cl)c(F)c1. The van der Waals surface area contributed by atoms with E-state index in [1.165, 1.54) is 18.2 Å². The molecule has 0 unspecified atom stereocenters. The zero-order chi connectivity index (χ0) is 13.7. The first kappa shape index (κ1) is 13.4. The standard InChI is InChI=1S/C14H12ClFN2O/c15-12-7-6-11(8-13(12)16)18-14(19)17-9-10-4-2-1-3-5-10/h1-8H,9H2,(H2,17,18,19). The van der Waals surface area contributed by atoms with Crippen LogP contribution >= 0.6 is 11.6 Å². The van der Waals surface area contributed by atoms with Crippen molar-refractivity contribution in [3.05, 3.63) is 64.9 Å². The van der Waals surface area contributed by atoms with Crippen LogP contribution in [0.1, 0.15) is 5.56 Å². The fourth-order valence-electron chi connectivity index (χ4n) is 1.53. The molecule has 2 aromatic carbocycles. The molecule has 0 atom stereocenters. The van der Waals surface area contributed by atoms with E-state index in [9.17, 15) is 9.18 Å². The van der Waals surface area contributed by atoms with Crippen molar-refractivity contribution in [2.75, 3.05) is 5.32 Å². The van der Waals surface area contributed by atoms with Crippen molar-refractivity contribution < 1.29 is 9.18 Å². The number of urea groups is 1. The second-order valence-electron chi connectivity index (χ2n) is 3.92. The molecule has 0 aliphatic heterocycles. The maximum absolute atomic E-state index is 13.2. The third-order valence-electron chi connectivity index (χ3n) is 2.47. The molecule has 0 radical (unpaired) electrons. The Labute approximate surface area is 115 Å². The molecule has 3 nitrogen and oxygen atoms in total. The van der Waals surface area contributed by atoms with Crippen LogP contribution < -0.4 is 10.6 Å². The third kappa shape index (κ3) is 3.96. The van der Waals surface area contributed by atoms with Crippen molar-refractivity contribution in [2.45, 2.75) is 6.54 Å². The molecule has 0 aromatic heterocycles. The van der Waals surface area contributed by atoms with Gasteiger partial charge in [-0.1, -0.05) is 41.9 Å². The molecule has 0 aliphatic carbocycles. The van der Waals surface area contributed by atoms with E-state index in [4.69, 9.17) is 11.6 Å². The lowest BCUT2D eigenvalue weighted by Gasteiger charge is -2.08. The molecule has 19 heavy (non-hydrogen) atoms. The molecule has 0 fully saturated rings. The number of hydrogen-bond acceptors (Lipinski definition) is 1. The van der Waals surface area contributed by atoms with Crippen molar-refractivity contribution in [1.29, 1.82) is 0 Å². The lowest BCUT2D eigenvalue weighted by molar-refractivity contribution is 0.251. The molecule has 2 rings (SSSR count). The predicted octanol–water partition coefficient (Wildman–Crippen LogP) is 3.80. The van der Waals surface area contributed by atoms with Crippen molar-refractivity contribution >= 4 is 23.3 Å². The molecule has 98 valence electrons. The second-order valence-corrected chi connectivity index (χ2v) is 4.33. The Balaban J connectivity index is 1.89. The summed E-state index contributed by atoms with van der Waals surface area (Å²) in [4.78, 5) is 11.6. The van der Waals surface area contributed by atoms with Gasteiger partial charge in [0.25, 0.3) is 0 Å². The number of nitrogens with one attached hydrogen (secondary N) is 2. The van der Waals surface area contributed by atoms with Crippen molar-refractivity contribution in [2.24, 2.45) is 0 Å². The van der Waals surface area contributed by atoms with E-state index < -0.39 is 11.8 Å². The van der Waals surface area contributed by atoms with Crippen molar-refractivity contribution in [3.8, 4) is 0 Å². The summed E-state index contributed by atoms with van der Waals surface area (Å²) in [5, 5.41) is 5.23. The van der Waals surface area contributed by atoms with Gasteiger partial charge in [0.2, 0.25) is 0 Å². The minimum Gasteiger partial charge on any atom is -0.334 e. The minimum absolute atomic E-state index is 0.0234. The van der Waals surface area contributed by atoms with Gasteiger partial charge < -0.3 is 10.6 Å². The van der Waals surface area contributed by atoms with E-state index in [1.54, 1.807) is 0 Å². The topological polar surface area (TPSA) is 41.1 Å². The van der Waals surface area contributed by atoms with E-state index in [2.05, 4.69) is 10.6 Å². The van der Waals surface area contributed by atoms with Crippen LogP contribution in [0, 0.1) is 5.82 Å². The van der Waals surface area contributed by atoms with Gasteiger partial charge in [-0.25, -0.2) is 9.18 Å². The Morgan fingerprint density at radius 1 is 1.16 bits per heavy atom. The molecule has 0 saturated heterocycles. The first-order valence-corrected chi connectivity index (χ1v) is 6.07. The summed E-state index contributed by atoms with van der Waals surface area (Å²) in [7, 11) is 0. The average Bonchev–Trinajstić information content (AvgIpc) is 2.42. The number of carbonyl (C=O) groups is 1. The Bertz CT molecular complexity index is 575. The lowest BCUT2D eigenvalue weighted by atomic mass is 10.2. The minimum atomic E-state index is -0.567. The predicted molar refractivity (Wildman–Crippen MR) is 73.7 cm³/mol. The van der Waals surface area contributed by atoms with E-state index in [0.717, 1.165) is 5.56 Å². The number of hydrogen-bond donors (Lipinski definition) is 2. The number of rotatable bonds is 3. The third-order valence-corrected chi connectivity index (χ3v) is 2.78. The summed E-state index contributed by atoms with van der Waals surface area (Å²) in [6, 6.07) is 13.2. The Morgan fingerprint density at radius 2 is 1.89 bits per heavy atom. The van der Waals surface area contributed by atoms with Gasteiger partial charge in [-0.15, -0.1) is 0 Å². The van der Waals surface area contributed by atoms with Gasteiger partial charge in [0, 0.05) is 12.2 Å². The number of benzene rings is 2. The number of halogens is 2. The van der Waals surface area contributed by atoms with Gasteiger partial charge in [-0.3, -0.25) is 0 Å². The van der Waals surface area contributed by atoms with Gasteiger partial charge in [0.1, 0.15) is 5.82 Å². The van der Waals surface area contributed by atoms with Crippen LogP contribution in [0.2, 0.25) is 5.02 Å². The fraction of sp³-hybridized carbons (Fsp3) is 0.0714. The first-order chi connectivity index (χ1) is 9.15. The van der Waals surface area contributed by atoms with Gasteiger partial charge >= 0.3 is 6.03 Å². The normalized spacial score (nSPS) is 10.0. The van der Waals surface area contributed by atoms with Crippen LogP contribution in [-0.2, 0) is 6.54 Å². The van der Waals surface area contributed by atoms with Crippen molar-refractivity contribution in [1.82, 2.24) is 5.32 Å². The highest BCUT2D eigenvalue weighted by Crippen LogP contribution is 2.18. The maximum Gasteiger partial charge on any atom is 0.319 e. The first-order valence-electron chi connectivity index (χ1n) is 5.69. The molecule has 0 spiro atoms. The smallest absolute Gasteiger partial charge is 0.319 e. The average molecular weight is 279 g/mol. The second kappa shape index (κ2) is 6.20. The van der Waals surface area contributed by atoms with Crippen LogP contribution in [-0.4, -0.2) is 6.03 Å². The van der Waals surface area contributed by atoms with E-state index >= 15 is 0 Å². The van der Waals surface area contributed by atoms with E-state index in [1.807, 2.05) is 30.3 Å². The maximum atomic E-state index is 13.2. The highest BCUT2D eigenvalue weighted by atomic mass is 35.5. The molecule has 2 aromatic rings. The van der Waals surface area contributed by atoms with E-state index in [0.29, 0.717) is 12.2 Å². The Morgan fingerprint density at radius 3 is 2.58 bits per heavy atom. The summed E-state index contributed by atoms with van der Waals surface area (Å²) in [5.41, 5.74) is 1.34. The number of anilines is 1. The van der Waals surface area contributed by atoms with Crippen LogP contribution in [0.15, 0.2) is 48.5 Å². The van der Waals surface area contributed by atoms with Crippen LogP contribution in [0.25, 0.3) is 0 Å². The van der Waals surface area contributed by atoms with E-state index in [-0.39, 0.29) is 5.02 Å². The molecule has 2 amide bonds. The van der Waals surface area contributed by atoms with Gasteiger partial charge in [-0.2, -0.15) is 0 Å². The van der Waals surface area contributed by atoms with Gasteiger partial charge in [0.15, 0.2) is 0 Å². The number of carbonyl (C=O) groups excluding carboxylic acids is 1. The summed E-state index contributed by atoms with van der Waals surface area (Å²) < 4.78 is 13.2. The summed E-state index contributed by atoms with van der Waals surface area (Å²) in [5.74, 6) is -0.567. The zero-order valence-electron chi connectivity index (χ0n) is 9.99. The summed E-state index contributed by atoms with van der Waals surface area (Å²) >= 11 is 5.56. The molecular weight excluding hydrogens is 267 g/mol. The zero-order valence-corrected chi connectivity index (χ0v) is 10.7. The molecule has 5 heteroatoms. The fourth-order valence-corrected chi connectivity index (χ4v) is 1.64. The monoisotopic (exact) mass is 278 g/mol. The molecule has 0 aliphatic rings. The highest BCUT2D eigenvalue weighted by Gasteiger charge is 2.04. The lowest BCUT2D eigenvalue weighted by Crippen LogP contribution is -2.28. The molecule has 2 N–H and O–H groups in total. The van der Waals surface area contributed by atoms with Crippen LogP contribution in [0.4, 0.5) is 14.9 Å². The Kier molecular flexibility index (Phi) is 4.36. The van der Waals surface area contributed by atoms with Gasteiger partial charge in [0.05, 0.1) is 5.02 Å². The highest BCUT2D eigenvalue weighted by molar-refractivity contribution is 6.30.